The topological polar surface area (TPSA) is 97.8 Å². The van der Waals surface area contributed by atoms with Crippen LogP contribution in [0.4, 0.5) is 5.69 Å². The molecule has 2 atom stereocenters. The monoisotopic (exact) mass is 371 g/mol. The van der Waals surface area contributed by atoms with Gasteiger partial charge in [0.05, 0.1) is 23.7 Å². The number of nitrogens with two attached hydrogens (primary N) is 1. The number of benzene rings is 1. The Hall–Kier alpha value is -2.54. The van der Waals surface area contributed by atoms with E-state index in [1.165, 1.54) is 6.20 Å². The van der Waals surface area contributed by atoms with Gasteiger partial charge in [0.25, 0.3) is 0 Å². The van der Waals surface area contributed by atoms with Crippen LogP contribution in [-0.4, -0.2) is 41.4 Å². The van der Waals surface area contributed by atoms with Crippen LogP contribution in [0.5, 0.6) is 5.75 Å². The highest BCUT2D eigenvalue weighted by Gasteiger charge is 2.33. The average molecular weight is 371 g/mol. The lowest BCUT2D eigenvalue weighted by Gasteiger charge is -2.31. The van der Waals surface area contributed by atoms with Crippen LogP contribution < -0.4 is 20.8 Å². The summed E-state index contributed by atoms with van der Waals surface area (Å²) in [6.07, 6.45) is 5.49. The van der Waals surface area contributed by atoms with Crippen molar-refractivity contribution in [2.24, 2.45) is 5.73 Å². The van der Waals surface area contributed by atoms with Crippen LogP contribution in [0.2, 0.25) is 0 Å². The van der Waals surface area contributed by atoms with Gasteiger partial charge < -0.3 is 25.0 Å². The molecule has 1 aliphatic carbocycles. The molecule has 144 valence electrons. The summed E-state index contributed by atoms with van der Waals surface area (Å²) in [6, 6.07) is 4.05. The van der Waals surface area contributed by atoms with E-state index in [9.17, 15) is 14.7 Å². The number of methoxy groups -OCH3 is 1. The third-order valence-corrected chi connectivity index (χ3v) is 5.72. The number of pyridine rings is 1. The summed E-state index contributed by atoms with van der Waals surface area (Å²) < 4.78 is 7.70. The summed E-state index contributed by atoms with van der Waals surface area (Å²) in [6.45, 7) is 2.89. The van der Waals surface area contributed by atoms with Gasteiger partial charge in [-0.25, -0.2) is 4.79 Å². The Morgan fingerprint density at radius 1 is 1.33 bits per heavy atom. The fraction of sp³-hybridized carbons (Fsp3) is 0.500. The molecule has 1 aromatic carbocycles. The molecule has 1 saturated carbocycles. The molecule has 0 radical (unpaired) electrons. The number of aromatic carboxylic acids is 1. The van der Waals surface area contributed by atoms with E-state index < -0.39 is 11.4 Å². The summed E-state index contributed by atoms with van der Waals surface area (Å²) in [5.41, 5.74) is 7.13. The largest absolute Gasteiger partial charge is 0.492 e. The Morgan fingerprint density at radius 2 is 2.07 bits per heavy atom. The molecule has 0 spiro atoms. The molecule has 1 saturated heterocycles. The molecule has 1 aliphatic heterocycles. The molecule has 1 unspecified atom stereocenters. The van der Waals surface area contributed by atoms with Gasteiger partial charge >= 0.3 is 5.97 Å². The first-order valence-electron chi connectivity index (χ1n) is 9.45. The van der Waals surface area contributed by atoms with Crippen molar-refractivity contribution in [3.8, 4) is 5.75 Å². The molecule has 4 rings (SSSR count). The molecule has 1 aromatic heterocycles. The molecule has 2 aromatic rings. The number of rotatable bonds is 5. The van der Waals surface area contributed by atoms with E-state index in [1.807, 2.05) is 17.6 Å². The summed E-state index contributed by atoms with van der Waals surface area (Å²) in [5, 5.41) is 9.82. The quantitative estimate of drug-likeness (QED) is 0.837. The zero-order chi connectivity index (χ0) is 19.3. The molecular weight excluding hydrogens is 346 g/mol. The minimum Gasteiger partial charge on any atom is -0.492 e. The van der Waals surface area contributed by atoms with Crippen LogP contribution in [0.1, 0.15) is 49.0 Å². The third kappa shape index (κ3) is 2.86. The Morgan fingerprint density at radius 3 is 2.67 bits per heavy atom. The van der Waals surface area contributed by atoms with E-state index in [2.05, 4.69) is 4.90 Å². The Kier molecular flexibility index (Phi) is 4.34. The van der Waals surface area contributed by atoms with Gasteiger partial charge in [0, 0.05) is 30.9 Å². The molecule has 2 heterocycles. The van der Waals surface area contributed by atoms with Crippen LogP contribution in [0.15, 0.2) is 23.1 Å². The average Bonchev–Trinajstić information content (AvgIpc) is 3.36. The highest BCUT2D eigenvalue weighted by molar-refractivity contribution is 5.97. The maximum Gasteiger partial charge on any atom is 0.341 e. The van der Waals surface area contributed by atoms with E-state index in [1.54, 1.807) is 13.2 Å². The molecule has 2 fully saturated rings. The second-order valence-corrected chi connectivity index (χ2v) is 7.59. The van der Waals surface area contributed by atoms with Gasteiger partial charge in [-0.15, -0.1) is 0 Å². The standard InChI is InChI=1S/C20H25N3O4/c1-11(21)15-4-3-9-22(15)16-8-7-13-17(19(16)27-2)23(12-5-6-12)10-14(18(13)24)20(25)26/h7-8,10-12,15H,3-6,9,21H2,1-2H3,(H,25,26)/t11-,15?/m0/s1. The maximum atomic E-state index is 12.8. The van der Waals surface area contributed by atoms with Crippen molar-refractivity contribution in [2.75, 3.05) is 18.6 Å². The van der Waals surface area contributed by atoms with Gasteiger partial charge in [-0.2, -0.15) is 0 Å². The first-order valence-corrected chi connectivity index (χ1v) is 9.45. The van der Waals surface area contributed by atoms with Crippen molar-refractivity contribution in [2.45, 2.75) is 50.7 Å². The van der Waals surface area contributed by atoms with E-state index in [4.69, 9.17) is 10.5 Å². The van der Waals surface area contributed by atoms with Crippen molar-refractivity contribution >= 4 is 22.6 Å². The van der Waals surface area contributed by atoms with Crippen LogP contribution in [0.3, 0.4) is 0 Å². The minimum absolute atomic E-state index is 0.0212. The van der Waals surface area contributed by atoms with Crippen LogP contribution >= 0.6 is 0 Å². The lowest BCUT2D eigenvalue weighted by molar-refractivity contribution is 0.0695. The van der Waals surface area contributed by atoms with E-state index in [-0.39, 0.29) is 23.7 Å². The molecule has 0 bridgehead atoms. The van der Waals surface area contributed by atoms with Crippen molar-refractivity contribution in [1.82, 2.24) is 4.57 Å². The summed E-state index contributed by atoms with van der Waals surface area (Å²) >= 11 is 0. The van der Waals surface area contributed by atoms with Gasteiger partial charge in [0.1, 0.15) is 5.56 Å². The SMILES string of the molecule is COc1c(N2CCCC2[C@H](C)N)ccc2c(=O)c(C(=O)O)cn(C3CC3)c12. The van der Waals surface area contributed by atoms with Crippen LogP contribution in [0, 0.1) is 0 Å². The lowest BCUT2D eigenvalue weighted by atomic mass is 10.1. The normalized spacial score (nSPS) is 20.9. The molecule has 7 heteroatoms. The van der Waals surface area contributed by atoms with Crippen LogP contribution in [-0.2, 0) is 0 Å². The Bertz CT molecular complexity index is 962. The lowest BCUT2D eigenvalue weighted by Crippen LogP contribution is -2.42. The molecule has 3 N–H and O–H groups in total. The molecule has 27 heavy (non-hydrogen) atoms. The maximum absolute atomic E-state index is 12.8. The second kappa shape index (κ2) is 6.56. The van der Waals surface area contributed by atoms with Gasteiger partial charge in [0.15, 0.2) is 5.75 Å². The number of ether oxygens (including phenoxy) is 1. The minimum atomic E-state index is -1.20. The number of carbonyl (C=O) groups is 1. The van der Waals surface area contributed by atoms with Gasteiger partial charge in [-0.05, 0) is 44.7 Å². The highest BCUT2D eigenvalue weighted by Crippen LogP contribution is 2.43. The molecule has 0 amide bonds. The number of hydrogen-bond acceptors (Lipinski definition) is 5. The summed E-state index contributed by atoms with van der Waals surface area (Å²) in [5.74, 6) is -0.572. The molecule has 7 nitrogen and oxygen atoms in total. The number of aromatic nitrogens is 1. The number of carboxylic acid groups (broad SMARTS) is 1. The number of hydrogen-bond donors (Lipinski definition) is 2. The van der Waals surface area contributed by atoms with Crippen molar-refractivity contribution in [3.63, 3.8) is 0 Å². The third-order valence-electron chi connectivity index (χ3n) is 5.72. The fourth-order valence-corrected chi connectivity index (χ4v) is 4.27. The predicted molar refractivity (Wildman–Crippen MR) is 104 cm³/mol. The first-order chi connectivity index (χ1) is 12.9. The van der Waals surface area contributed by atoms with Crippen LogP contribution in [0.25, 0.3) is 10.9 Å². The van der Waals surface area contributed by atoms with E-state index >= 15 is 0 Å². The Balaban J connectivity index is 1.99. The summed E-state index contributed by atoms with van der Waals surface area (Å²) in [7, 11) is 1.60. The zero-order valence-corrected chi connectivity index (χ0v) is 15.6. The molecular formula is C20H25N3O4. The van der Waals surface area contributed by atoms with E-state index in [0.717, 1.165) is 37.9 Å². The number of nitrogens with zero attached hydrogens (tertiary/aromatic N) is 2. The summed E-state index contributed by atoms with van der Waals surface area (Å²) in [4.78, 5) is 26.6. The molecule has 2 aliphatic rings. The van der Waals surface area contributed by atoms with Crippen molar-refractivity contribution in [1.29, 1.82) is 0 Å². The number of carboxylic acids is 1. The fourth-order valence-electron chi connectivity index (χ4n) is 4.27. The smallest absolute Gasteiger partial charge is 0.341 e. The Labute approximate surface area is 157 Å². The zero-order valence-electron chi connectivity index (χ0n) is 15.6. The van der Waals surface area contributed by atoms with E-state index in [0.29, 0.717) is 16.7 Å². The first kappa shape index (κ1) is 17.9. The van der Waals surface area contributed by atoms with Crippen molar-refractivity contribution in [3.05, 3.63) is 34.1 Å². The van der Waals surface area contributed by atoms with Gasteiger partial charge in [-0.1, -0.05) is 0 Å². The number of fused-ring (bicyclic) bond motifs is 1. The predicted octanol–water partition coefficient (Wildman–Crippen LogP) is 2.36. The number of anilines is 1. The van der Waals surface area contributed by atoms with Crippen molar-refractivity contribution < 1.29 is 14.6 Å². The van der Waals surface area contributed by atoms with Gasteiger partial charge in [-0.3, -0.25) is 4.79 Å². The van der Waals surface area contributed by atoms with Gasteiger partial charge in [0.2, 0.25) is 5.43 Å². The highest BCUT2D eigenvalue weighted by atomic mass is 16.5. The second-order valence-electron chi connectivity index (χ2n) is 7.59.